The molecule has 1 aromatic carbocycles. The first-order valence-electron chi connectivity index (χ1n) is 10.9. The number of H-pyrrole nitrogens is 1. The molecular weight excluding hydrogens is 384 g/mol. The number of ether oxygens (including phenoxy) is 1. The standard InChI is InChI=1S/C23H32N2O5/c1-2-6-21(30-19-10-11-20-16(13-19)9-12-22(28)24-20)23(29)25(14-18(27)15-26)17-7-4-3-5-8-17/h9-13,17-18,21,26-27H,2-8,14-15H2,1H3,(H,24,28). The van der Waals surface area contributed by atoms with Crippen molar-refractivity contribution in [1.29, 1.82) is 0 Å². The van der Waals surface area contributed by atoms with Gasteiger partial charge in [0.25, 0.3) is 5.91 Å². The fraction of sp³-hybridized carbons (Fsp3) is 0.565. The molecule has 30 heavy (non-hydrogen) atoms. The van der Waals surface area contributed by atoms with Crippen molar-refractivity contribution >= 4 is 16.8 Å². The number of rotatable bonds is 9. The number of carbonyl (C=O) groups is 1. The van der Waals surface area contributed by atoms with Gasteiger partial charge in [0, 0.05) is 29.6 Å². The molecule has 7 nitrogen and oxygen atoms in total. The van der Waals surface area contributed by atoms with Crippen LogP contribution in [0.3, 0.4) is 0 Å². The van der Waals surface area contributed by atoms with Crippen LogP contribution in [-0.2, 0) is 4.79 Å². The number of aromatic nitrogens is 1. The molecule has 1 saturated carbocycles. The van der Waals surface area contributed by atoms with E-state index in [1.54, 1.807) is 23.1 Å². The summed E-state index contributed by atoms with van der Waals surface area (Å²) in [6.45, 7) is 1.74. The van der Waals surface area contributed by atoms with Crippen LogP contribution in [-0.4, -0.2) is 57.4 Å². The number of hydrogen-bond donors (Lipinski definition) is 3. The average Bonchev–Trinajstić information content (AvgIpc) is 2.77. The summed E-state index contributed by atoms with van der Waals surface area (Å²) in [7, 11) is 0. The van der Waals surface area contributed by atoms with Gasteiger partial charge in [0.2, 0.25) is 5.56 Å². The number of hydrogen-bond acceptors (Lipinski definition) is 5. The van der Waals surface area contributed by atoms with Crippen LogP contribution in [0.4, 0.5) is 0 Å². The molecular formula is C23H32N2O5. The van der Waals surface area contributed by atoms with E-state index < -0.39 is 12.2 Å². The van der Waals surface area contributed by atoms with Crippen LogP contribution >= 0.6 is 0 Å². The zero-order valence-corrected chi connectivity index (χ0v) is 17.5. The highest BCUT2D eigenvalue weighted by Crippen LogP contribution is 2.26. The number of aromatic amines is 1. The minimum atomic E-state index is -0.962. The first-order chi connectivity index (χ1) is 14.5. The molecule has 1 amide bonds. The molecule has 1 heterocycles. The van der Waals surface area contributed by atoms with Crippen molar-refractivity contribution in [3.63, 3.8) is 0 Å². The summed E-state index contributed by atoms with van der Waals surface area (Å²) >= 11 is 0. The quantitative estimate of drug-likeness (QED) is 0.583. The predicted octanol–water partition coefficient (Wildman–Crippen LogP) is 2.59. The predicted molar refractivity (Wildman–Crippen MR) is 116 cm³/mol. The van der Waals surface area contributed by atoms with Crippen molar-refractivity contribution in [2.75, 3.05) is 13.2 Å². The molecule has 164 valence electrons. The van der Waals surface area contributed by atoms with Gasteiger partial charge in [0.15, 0.2) is 6.10 Å². The number of aliphatic hydroxyl groups is 2. The number of amides is 1. The van der Waals surface area contributed by atoms with Gasteiger partial charge in [-0.15, -0.1) is 0 Å². The van der Waals surface area contributed by atoms with E-state index in [1.807, 2.05) is 13.0 Å². The Morgan fingerprint density at radius 1 is 1.23 bits per heavy atom. The monoisotopic (exact) mass is 416 g/mol. The maximum Gasteiger partial charge on any atom is 0.263 e. The van der Waals surface area contributed by atoms with Crippen LogP contribution in [0.1, 0.15) is 51.9 Å². The van der Waals surface area contributed by atoms with Crippen molar-refractivity contribution in [1.82, 2.24) is 9.88 Å². The van der Waals surface area contributed by atoms with Crippen LogP contribution in [0.25, 0.3) is 10.9 Å². The SMILES string of the molecule is CCCC(Oc1ccc2[nH]c(=O)ccc2c1)C(=O)N(CC(O)CO)C1CCCCC1. The summed E-state index contributed by atoms with van der Waals surface area (Å²) < 4.78 is 6.11. The summed E-state index contributed by atoms with van der Waals surface area (Å²) in [4.78, 5) is 29.4. The lowest BCUT2D eigenvalue weighted by Crippen LogP contribution is -2.51. The molecule has 1 fully saturated rings. The van der Waals surface area contributed by atoms with Crippen LogP contribution in [0.15, 0.2) is 35.1 Å². The summed E-state index contributed by atoms with van der Waals surface area (Å²) in [6.07, 6.45) is 4.81. The van der Waals surface area contributed by atoms with Gasteiger partial charge in [0.1, 0.15) is 5.75 Å². The highest BCUT2D eigenvalue weighted by atomic mass is 16.5. The second-order valence-electron chi connectivity index (χ2n) is 8.09. The Morgan fingerprint density at radius 2 is 2.00 bits per heavy atom. The van der Waals surface area contributed by atoms with Gasteiger partial charge in [-0.2, -0.15) is 0 Å². The molecule has 0 bridgehead atoms. The highest BCUT2D eigenvalue weighted by molar-refractivity contribution is 5.83. The first-order valence-corrected chi connectivity index (χ1v) is 10.9. The lowest BCUT2D eigenvalue weighted by Gasteiger charge is -2.37. The van der Waals surface area contributed by atoms with E-state index in [2.05, 4.69) is 4.98 Å². The van der Waals surface area contributed by atoms with Gasteiger partial charge in [-0.1, -0.05) is 32.6 Å². The van der Waals surface area contributed by atoms with Gasteiger partial charge >= 0.3 is 0 Å². The molecule has 0 spiro atoms. The molecule has 0 radical (unpaired) electrons. The van der Waals surface area contributed by atoms with Gasteiger partial charge in [-0.3, -0.25) is 9.59 Å². The maximum absolute atomic E-state index is 13.5. The molecule has 1 aromatic heterocycles. The fourth-order valence-corrected chi connectivity index (χ4v) is 4.15. The van der Waals surface area contributed by atoms with Gasteiger partial charge in [0.05, 0.1) is 12.7 Å². The van der Waals surface area contributed by atoms with Crippen molar-refractivity contribution in [3.8, 4) is 5.75 Å². The molecule has 1 aliphatic rings. The summed E-state index contributed by atoms with van der Waals surface area (Å²) in [6, 6.07) is 8.59. The topological polar surface area (TPSA) is 103 Å². The third-order valence-corrected chi connectivity index (χ3v) is 5.72. The number of benzene rings is 1. The third kappa shape index (κ3) is 5.61. The van der Waals surface area contributed by atoms with Gasteiger partial charge < -0.3 is 24.8 Å². The van der Waals surface area contributed by atoms with Crippen molar-refractivity contribution in [3.05, 3.63) is 40.7 Å². The lowest BCUT2D eigenvalue weighted by molar-refractivity contribution is -0.144. The average molecular weight is 417 g/mol. The van der Waals surface area contributed by atoms with E-state index in [4.69, 9.17) is 4.74 Å². The summed E-state index contributed by atoms with van der Waals surface area (Å²) in [5, 5.41) is 20.2. The van der Waals surface area contributed by atoms with E-state index >= 15 is 0 Å². The first kappa shape index (κ1) is 22.3. The second kappa shape index (κ2) is 10.6. The Balaban J connectivity index is 1.81. The lowest BCUT2D eigenvalue weighted by atomic mass is 9.93. The molecule has 2 atom stereocenters. The van der Waals surface area contributed by atoms with E-state index in [0.29, 0.717) is 17.7 Å². The minimum Gasteiger partial charge on any atom is -0.481 e. The van der Waals surface area contributed by atoms with Crippen LogP contribution in [0, 0.1) is 0 Å². The van der Waals surface area contributed by atoms with E-state index in [0.717, 1.165) is 43.9 Å². The Kier molecular flexibility index (Phi) is 7.87. The van der Waals surface area contributed by atoms with E-state index in [9.17, 15) is 19.8 Å². The maximum atomic E-state index is 13.5. The van der Waals surface area contributed by atoms with Crippen molar-refractivity contribution in [2.45, 2.75) is 70.1 Å². The Labute approximate surface area is 176 Å². The third-order valence-electron chi connectivity index (χ3n) is 5.72. The molecule has 7 heteroatoms. The van der Waals surface area contributed by atoms with Crippen LogP contribution in [0.2, 0.25) is 0 Å². The number of fused-ring (bicyclic) bond motifs is 1. The normalized spacial score (nSPS) is 16.9. The second-order valence-corrected chi connectivity index (χ2v) is 8.09. The fourth-order valence-electron chi connectivity index (χ4n) is 4.15. The summed E-state index contributed by atoms with van der Waals surface area (Å²) in [5.41, 5.74) is 0.545. The number of pyridine rings is 1. The molecule has 2 unspecified atom stereocenters. The molecule has 3 N–H and O–H groups in total. The molecule has 3 rings (SSSR count). The Morgan fingerprint density at radius 3 is 2.70 bits per heavy atom. The van der Waals surface area contributed by atoms with Crippen LogP contribution in [0.5, 0.6) is 5.75 Å². The summed E-state index contributed by atoms with van der Waals surface area (Å²) in [5.74, 6) is 0.422. The minimum absolute atomic E-state index is 0.0667. The number of aliphatic hydroxyl groups excluding tert-OH is 2. The van der Waals surface area contributed by atoms with E-state index in [1.165, 1.54) is 6.07 Å². The molecule has 0 aliphatic heterocycles. The van der Waals surface area contributed by atoms with Crippen LogP contribution < -0.4 is 10.3 Å². The highest BCUT2D eigenvalue weighted by Gasteiger charge is 2.32. The van der Waals surface area contributed by atoms with Gasteiger partial charge in [-0.25, -0.2) is 0 Å². The Hall–Kier alpha value is -2.38. The molecule has 2 aromatic rings. The zero-order valence-electron chi connectivity index (χ0n) is 17.5. The van der Waals surface area contributed by atoms with Gasteiger partial charge in [-0.05, 0) is 43.5 Å². The largest absolute Gasteiger partial charge is 0.481 e. The number of nitrogens with zero attached hydrogens (tertiary/aromatic N) is 1. The number of carbonyl (C=O) groups excluding carboxylic acids is 1. The smallest absolute Gasteiger partial charge is 0.263 e. The number of nitrogens with one attached hydrogen (secondary N) is 1. The van der Waals surface area contributed by atoms with E-state index in [-0.39, 0.29) is 30.7 Å². The van der Waals surface area contributed by atoms with Crippen molar-refractivity contribution < 1.29 is 19.7 Å². The molecule has 1 aliphatic carbocycles. The molecule has 0 saturated heterocycles. The van der Waals surface area contributed by atoms with Crippen molar-refractivity contribution in [2.24, 2.45) is 0 Å². The zero-order chi connectivity index (χ0) is 21.5. The Bertz CT molecular complexity index is 891.